The van der Waals surface area contributed by atoms with Crippen LogP contribution in [0.15, 0.2) is 72.8 Å². The highest BCUT2D eigenvalue weighted by Crippen LogP contribution is 2.32. The van der Waals surface area contributed by atoms with E-state index >= 15 is 0 Å². The third-order valence-corrected chi connectivity index (χ3v) is 5.61. The summed E-state index contributed by atoms with van der Waals surface area (Å²) >= 11 is 0. The van der Waals surface area contributed by atoms with E-state index in [4.69, 9.17) is 19.8 Å². The maximum atomic E-state index is 13.1. The summed E-state index contributed by atoms with van der Waals surface area (Å²) in [5, 5.41) is 23.2. The van der Waals surface area contributed by atoms with Crippen molar-refractivity contribution in [3.63, 3.8) is 0 Å². The fourth-order valence-electron chi connectivity index (χ4n) is 3.64. The number of ether oxygens (including phenoxy) is 2. The summed E-state index contributed by atoms with van der Waals surface area (Å²) in [6.07, 6.45) is 2.94. The van der Waals surface area contributed by atoms with E-state index in [1.54, 1.807) is 36.4 Å². The fraction of sp³-hybridized carbons (Fsp3) is 0.111. The third kappa shape index (κ3) is 6.53. The lowest BCUT2D eigenvalue weighted by molar-refractivity contribution is -0.123. The van der Waals surface area contributed by atoms with Crippen molar-refractivity contribution in [2.45, 2.75) is 12.5 Å². The minimum atomic E-state index is -1.08. The first-order valence-electron chi connectivity index (χ1n) is 11.4. The number of nitrogens with one attached hydrogen (secondary N) is 3. The SMILES string of the molecule is O=C(/C=C/c1ccc2c(c1)OCO2)N[C@@H](Cc1ccc(C(=O)O)cc1)C(=O)Nc1ccc(C(=O)NO)cc1. The molecule has 0 spiro atoms. The van der Waals surface area contributed by atoms with Crippen LogP contribution >= 0.6 is 0 Å². The second kappa shape index (κ2) is 11.7. The zero-order valence-electron chi connectivity index (χ0n) is 19.8. The van der Waals surface area contributed by atoms with Gasteiger partial charge in [0, 0.05) is 23.7 Å². The number of carboxylic acid groups (broad SMARTS) is 1. The average Bonchev–Trinajstić information content (AvgIpc) is 3.40. The van der Waals surface area contributed by atoms with Crippen molar-refractivity contribution in [2.24, 2.45) is 0 Å². The van der Waals surface area contributed by atoms with Gasteiger partial charge in [-0.15, -0.1) is 0 Å². The predicted molar refractivity (Wildman–Crippen MR) is 135 cm³/mol. The van der Waals surface area contributed by atoms with E-state index in [9.17, 15) is 19.2 Å². The molecular weight excluding hydrogens is 494 g/mol. The molecule has 1 heterocycles. The van der Waals surface area contributed by atoms with Gasteiger partial charge in [-0.25, -0.2) is 10.3 Å². The Morgan fingerprint density at radius 2 is 1.58 bits per heavy atom. The van der Waals surface area contributed by atoms with Crippen LogP contribution in [0.5, 0.6) is 11.5 Å². The van der Waals surface area contributed by atoms with Crippen molar-refractivity contribution >= 4 is 35.5 Å². The third-order valence-electron chi connectivity index (χ3n) is 5.61. The van der Waals surface area contributed by atoms with Gasteiger partial charge in [0.1, 0.15) is 6.04 Å². The lowest BCUT2D eigenvalue weighted by Crippen LogP contribution is -2.44. The molecule has 1 atom stereocenters. The van der Waals surface area contributed by atoms with E-state index in [0.29, 0.717) is 28.3 Å². The van der Waals surface area contributed by atoms with Gasteiger partial charge < -0.3 is 25.2 Å². The molecule has 4 rings (SSSR count). The quantitative estimate of drug-likeness (QED) is 0.164. The van der Waals surface area contributed by atoms with E-state index in [-0.39, 0.29) is 24.3 Å². The average molecular weight is 517 g/mol. The van der Waals surface area contributed by atoms with E-state index in [1.807, 2.05) is 0 Å². The van der Waals surface area contributed by atoms with Gasteiger partial charge in [0.15, 0.2) is 11.5 Å². The van der Waals surface area contributed by atoms with Crippen molar-refractivity contribution in [1.82, 2.24) is 10.8 Å². The highest BCUT2D eigenvalue weighted by atomic mass is 16.7. The standard InChI is InChI=1S/C27H23N3O8/c31-24(12-4-17-3-11-22-23(14-17)38-15-37-22)29-21(13-16-1-5-19(6-2-16)27(34)35)26(33)28-20-9-7-18(8-10-20)25(32)30-36/h1-12,14,21,36H,13,15H2,(H,28,33)(H,29,31)(H,30,32)(H,34,35)/b12-4+/t21-/m0/s1. The Labute approximate surface area is 216 Å². The second-order valence-electron chi connectivity index (χ2n) is 8.22. The molecule has 0 fully saturated rings. The number of carboxylic acids is 1. The Hall–Kier alpha value is -5.16. The number of amides is 3. The molecule has 194 valence electrons. The van der Waals surface area contributed by atoms with Crippen molar-refractivity contribution in [3.05, 3.63) is 95.1 Å². The van der Waals surface area contributed by atoms with E-state index in [1.165, 1.54) is 48.0 Å². The normalized spacial score (nSPS) is 12.6. The molecule has 0 bridgehead atoms. The van der Waals surface area contributed by atoms with Crippen LogP contribution in [0, 0.1) is 0 Å². The summed E-state index contributed by atoms with van der Waals surface area (Å²) in [5.74, 6) is -1.66. The van der Waals surface area contributed by atoms with Gasteiger partial charge in [0.05, 0.1) is 5.56 Å². The van der Waals surface area contributed by atoms with E-state index < -0.39 is 29.7 Å². The summed E-state index contributed by atoms with van der Waals surface area (Å²) in [4.78, 5) is 48.5. The van der Waals surface area contributed by atoms with E-state index in [2.05, 4.69) is 10.6 Å². The molecule has 3 aromatic rings. The smallest absolute Gasteiger partial charge is 0.335 e. The molecule has 0 radical (unpaired) electrons. The van der Waals surface area contributed by atoms with E-state index in [0.717, 1.165) is 0 Å². The summed E-state index contributed by atoms with van der Waals surface area (Å²) in [6, 6.07) is 15.9. The summed E-state index contributed by atoms with van der Waals surface area (Å²) < 4.78 is 10.6. The molecule has 1 aliphatic rings. The number of rotatable bonds is 9. The van der Waals surface area contributed by atoms with Crippen LogP contribution in [0.2, 0.25) is 0 Å². The topological polar surface area (TPSA) is 163 Å². The minimum Gasteiger partial charge on any atom is -0.478 e. The molecule has 38 heavy (non-hydrogen) atoms. The zero-order chi connectivity index (χ0) is 27.1. The maximum absolute atomic E-state index is 13.1. The largest absolute Gasteiger partial charge is 0.478 e. The molecule has 0 saturated heterocycles. The Kier molecular flexibility index (Phi) is 7.99. The lowest BCUT2D eigenvalue weighted by Gasteiger charge is -2.18. The maximum Gasteiger partial charge on any atom is 0.335 e. The van der Waals surface area contributed by atoms with Gasteiger partial charge in [0.25, 0.3) is 5.91 Å². The van der Waals surface area contributed by atoms with Crippen molar-refractivity contribution in [2.75, 3.05) is 12.1 Å². The predicted octanol–water partition coefficient (Wildman–Crippen LogP) is 2.61. The van der Waals surface area contributed by atoms with Crippen LogP contribution in [-0.2, 0) is 16.0 Å². The number of hydrogen-bond donors (Lipinski definition) is 5. The van der Waals surface area contributed by atoms with Crippen LogP contribution < -0.4 is 25.6 Å². The summed E-state index contributed by atoms with van der Waals surface area (Å²) in [6.45, 7) is 0.130. The number of anilines is 1. The van der Waals surface area contributed by atoms with Gasteiger partial charge >= 0.3 is 5.97 Å². The molecule has 11 heteroatoms. The molecule has 0 aromatic heterocycles. The molecule has 0 saturated carbocycles. The molecule has 5 N–H and O–H groups in total. The Bertz CT molecular complexity index is 1380. The summed E-state index contributed by atoms with van der Waals surface area (Å²) in [7, 11) is 0. The van der Waals surface area contributed by atoms with Crippen LogP contribution in [0.3, 0.4) is 0 Å². The first-order valence-corrected chi connectivity index (χ1v) is 11.4. The first-order chi connectivity index (χ1) is 18.3. The number of fused-ring (bicyclic) bond motifs is 1. The molecule has 3 amide bonds. The van der Waals surface area contributed by atoms with Gasteiger partial charge in [-0.3, -0.25) is 19.6 Å². The molecule has 3 aromatic carbocycles. The fourth-order valence-corrected chi connectivity index (χ4v) is 3.64. The number of hydroxylamine groups is 1. The molecule has 0 aliphatic carbocycles. The molecule has 0 unspecified atom stereocenters. The molecular formula is C27H23N3O8. The monoisotopic (exact) mass is 517 g/mol. The molecule has 11 nitrogen and oxygen atoms in total. The van der Waals surface area contributed by atoms with Crippen LogP contribution in [0.4, 0.5) is 5.69 Å². The van der Waals surface area contributed by atoms with Crippen molar-refractivity contribution < 1.29 is 39.0 Å². The zero-order valence-corrected chi connectivity index (χ0v) is 19.8. The minimum absolute atomic E-state index is 0.0837. The lowest BCUT2D eigenvalue weighted by atomic mass is 10.0. The Morgan fingerprint density at radius 3 is 2.26 bits per heavy atom. The highest BCUT2D eigenvalue weighted by molar-refractivity contribution is 6.01. The highest BCUT2D eigenvalue weighted by Gasteiger charge is 2.21. The van der Waals surface area contributed by atoms with Crippen LogP contribution in [0.25, 0.3) is 6.08 Å². The molecule has 1 aliphatic heterocycles. The van der Waals surface area contributed by atoms with Crippen LogP contribution in [-0.4, -0.2) is 46.8 Å². The number of carbonyl (C=O) groups excluding carboxylic acids is 3. The van der Waals surface area contributed by atoms with Crippen molar-refractivity contribution in [3.8, 4) is 11.5 Å². The van der Waals surface area contributed by atoms with Crippen LogP contribution in [0.1, 0.15) is 31.8 Å². The number of hydrogen-bond acceptors (Lipinski definition) is 7. The number of carbonyl (C=O) groups is 4. The van der Waals surface area contributed by atoms with Gasteiger partial charge in [-0.1, -0.05) is 18.2 Å². The number of benzene rings is 3. The van der Waals surface area contributed by atoms with Crippen molar-refractivity contribution in [1.29, 1.82) is 0 Å². The number of aromatic carboxylic acids is 1. The summed E-state index contributed by atoms with van der Waals surface area (Å²) in [5.41, 5.74) is 3.49. The van der Waals surface area contributed by atoms with Gasteiger partial charge in [-0.05, 0) is 65.7 Å². The second-order valence-corrected chi connectivity index (χ2v) is 8.22. The Balaban J connectivity index is 1.48. The van der Waals surface area contributed by atoms with Gasteiger partial charge in [0.2, 0.25) is 18.6 Å². The first kappa shape index (κ1) is 25.9. The Morgan fingerprint density at radius 1 is 0.895 bits per heavy atom. The van der Waals surface area contributed by atoms with Gasteiger partial charge in [-0.2, -0.15) is 0 Å².